The quantitative estimate of drug-likeness (QED) is 0.735. The highest BCUT2D eigenvalue weighted by atomic mass is 16.5. The van der Waals surface area contributed by atoms with Crippen molar-refractivity contribution in [1.29, 1.82) is 0 Å². The van der Waals surface area contributed by atoms with Gasteiger partial charge in [0.15, 0.2) is 5.76 Å². The molecule has 3 amide bonds. The molecule has 1 aliphatic heterocycles. The predicted octanol–water partition coefficient (Wildman–Crippen LogP) is 2.83. The summed E-state index contributed by atoms with van der Waals surface area (Å²) >= 11 is 0. The molecule has 1 aromatic carbocycles. The number of amides is 3. The van der Waals surface area contributed by atoms with Gasteiger partial charge in [-0.25, -0.2) is 4.79 Å². The summed E-state index contributed by atoms with van der Waals surface area (Å²) in [6.07, 6.45) is 2.88. The highest BCUT2D eigenvalue weighted by Crippen LogP contribution is 2.41. The molecule has 1 atom stereocenters. The van der Waals surface area contributed by atoms with Gasteiger partial charge in [0.1, 0.15) is 11.2 Å². The molecule has 5 rings (SSSR count). The van der Waals surface area contributed by atoms with E-state index in [1.54, 1.807) is 18.2 Å². The standard InChI is InChI=1S/C19H15N3O4/c23-17-19(8-7-12-4-1-2-5-14(12)19)20-18(24)22(17)11-13-10-16(26-21-13)15-6-3-9-25-15/h1-6,9-10H,7-8,11H2,(H,20,24)/t19-/m0/s1. The molecular weight excluding hydrogens is 334 g/mol. The van der Waals surface area contributed by atoms with Crippen LogP contribution >= 0.6 is 0 Å². The van der Waals surface area contributed by atoms with Crippen LogP contribution in [0, 0.1) is 0 Å². The van der Waals surface area contributed by atoms with Crippen molar-refractivity contribution in [2.45, 2.75) is 24.9 Å². The van der Waals surface area contributed by atoms with Gasteiger partial charge in [0.25, 0.3) is 5.91 Å². The molecule has 0 radical (unpaired) electrons. The van der Waals surface area contributed by atoms with Gasteiger partial charge in [-0.2, -0.15) is 0 Å². The Morgan fingerprint density at radius 1 is 1.15 bits per heavy atom. The summed E-state index contributed by atoms with van der Waals surface area (Å²) in [7, 11) is 0. The van der Waals surface area contributed by atoms with Gasteiger partial charge in [0.05, 0.1) is 12.8 Å². The number of carbonyl (C=O) groups excluding carboxylic acids is 2. The lowest BCUT2D eigenvalue weighted by Crippen LogP contribution is -2.41. The number of aryl methyl sites for hydroxylation is 1. The molecular formula is C19H15N3O4. The highest BCUT2D eigenvalue weighted by molar-refractivity contribution is 6.08. The maximum absolute atomic E-state index is 13.1. The Morgan fingerprint density at radius 3 is 2.88 bits per heavy atom. The maximum atomic E-state index is 13.1. The SMILES string of the molecule is O=C1N[C@]2(CCc3ccccc32)C(=O)N1Cc1cc(-c2ccco2)on1. The van der Waals surface area contributed by atoms with Gasteiger partial charge in [-0.15, -0.1) is 0 Å². The molecule has 1 aliphatic carbocycles. The molecule has 0 saturated carbocycles. The second-order valence-corrected chi connectivity index (χ2v) is 6.54. The number of furan rings is 1. The van der Waals surface area contributed by atoms with Crippen LogP contribution in [-0.2, 0) is 23.3 Å². The predicted molar refractivity (Wildman–Crippen MR) is 89.7 cm³/mol. The van der Waals surface area contributed by atoms with Gasteiger partial charge >= 0.3 is 6.03 Å². The monoisotopic (exact) mass is 349 g/mol. The smallest absolute Gasteiger partial charge is 0.325 e. The van der Waals surface area contributed by atoms with Crippen LogP contribution in [0.4, 0.5) is 4.79 Å². The number of imide groups is 1. The van der Waals surface area contributed by atoms with E-state index in [1.165, 1.54) is 11.2 Å². The second kappa shape index (κ2) is 5.32. The van der Waals surface area contributed by atoms with Crippen LogP contribution in [0.2, 0.25) is 0 Å². The van der Waals surface area contributed by atoms with Crippen LogP contribution < -0.4 is 5.32 Å². The van der Waals surface area contributed by atoms with E-state index < -0.39 is 11.6 Å². The number of hydrogen-bond donors (Lipinski definition) is 1. The van der Waals surface area contributed by atoms with Crippen LogP contribution in [0.3, 0.4) is 0 Å². The molecule has 26 heavy (non-hydrogen) atoms. The topological polar surface area (TPSA) is 88.6 Å². The van der Waals surface area contributed by atoms with Crippen molar-refractivity contribution in [3.63, 3.8) is 0 Å². The van der Waals surface area contributed by atoms with Crippen molar-refractivity contribution in [1.82, 2.24) is 15.4 Å². The molecule has 1 fully saturated rings. The number of carbonyl (C=O) groups is 2. The molecule has 2 aromatic heterocycles. The van der Waals surface area contributed by atoms with E-state index in [9.17, 15) is 9.59 Å². The van der Waals surface area contributed by atoms with Crippen molar-refractivity contribution in [2.24, 2.45) is 0 Å². The van der Waals surface area contributed by atoms with Gasteiger partial charge in [-0.1, -0.05) is 29.4 Å². The first-order chi connectivity index (χ1) is 12.7. The number of nitrogens with one attached hydrogen (secondary N) is 1. The minimum absolute atomic E-state index is 0.0544. The Balaban J connectivity index is 1.43. The molecule has 2 aliphatic rings. The lowest BCUT2D eigenvalue weighted by Gasteiger charge is -2.22. The summed E-state index contributed by atoms with van der Waals surface area (Å²) in [4.78, 5) is 26.8. The molecule has 130 valence electrons. The third kappa shape index (κ3) is 2.03. The van der Waals surface area contributed by atoms with Gasteiger partial charge in [0.2, 0.25) is 5.76 Å². The minimum Gasteiger partial charge on any atom is -0.461 e. The normalized spacial score (nSPS) is 21.5. The number of nitrogens with zero attached hydrogens (tertiary/aromatic N) is 2. The fraction of sp³-hybridized carbons (Fsp3) is 0.211. The van der Waals surface area contributed by atoms with Gasteiger partial charge in [0, 0.05) is 6.07 Å². The summed E-state index contributed by atoms with van der Waals surface area (Å²) in [5, 5.41) is 6.86. The van der Waals surface area contributed by atoms with E-state index in [2.05, 4.69) is 10.5 Å². The van der Waals surface area contributed by atoms with Crippen molar-refractivity contribution in [3.05, 3.63) is 65.5 Å². The molecule has 3 aromatic rings. The molecule has 0 bridgehead atoms. The summed E-state index contributed by atoms with van der Waals surface area (Å²) in [6.45, 7) is 0.0544. The minimum atomic E-state index is -0.957. The van der Waals surface area contributed by atoms with E-state index in [0.29, 0.717) is 23.6 Å². The summed E-state index contributed by atoms with van der Waals surface area (Å²) in [5.74, 6) is 0.759. The molecule has 1 saturated heterocycles. The first-order valence-electron chi connectivity index (χ1n) is 8.39. The molecule has 7 heteroatoms. The van der Waals surface area contributed by atoms with Gasteiger partial charge < -0.3 is 14.3 Å². The number of aromatic nitrogens is 1. The number of hydrogen-bond acceptors (Lipinski definition) is 5. The highest BCUT2D eigenvalue weighted by Gasteiger charge is 2.55. The third-order valence-corrected chi connectivity index (χ3v) is 5.07. The molecule has 7 nitrogen and oxygen atoms in total. The largest absolute Gasteiger partial charge is 0.461 e. The Bertz CT molecular complexity index is 1010. The first kappa shape index (κ1) is 14.9. The van der Waals surface area contributed by atoms with Crippen molar-refractivity contribution in [2.75, 3.05) is 0 Å². The fourth-order valence-electron chi connectivity index (χ4n) is 3.82. The van der Waals surface area contributed by atoms with Crippen LogP contribution in [0.5, 0.6) is 0 Å². The fourth-order valence-corrected chi connectivity index (χ4v) is 3.82. The second-order valence-electron chi connectivity index (χ2n) is 6.54. The number of benzene rings is 1. The average Bonchev–Trinajstić information content (AvgIpc) is 3.41. The molecule has 0 unspecified atom stereocenters. The lowest BCUT2D eigenvalue weighted by atomic mass is 9.92. The van der Waals surface area contributed by atoms with Crippen LogP contribution in [0.1, 0.15) is 23.2 Å². The first-order valence-corrected chi connectivity index (χ1v) is 8.39. The van der Waals surface area contributed by atoms with Crippen LogP contribution in [0.15, 0.2) is 57.7 Å². The Morgan fingerprint density at radius 2 is 2.04 bits per heavy atom. The zero-order valence-corrected chi connectivity index (χ0v) is 13.8. The van der Waals surface area contributed by atoms with Gasteiger partial charge in [-0.05, 0) is 36.1 Å². The van der Waals surface area contributed by atoms with Gasteiger partial charge in [-0.3, -0.25) is 9.69 Å². The van der Waals surface area contributed by atoms with E-state index in [-0.39, 0.29) is 12.5 Å². The van der Waals surface area contributed by atoms with E-state index in [1.807, 2.05) is 24.3 Å². The van der Waals surface area contributed by atoms with E-state index >= 15 is 0 Å². The van der Waals surface area contributed by atoms with Crippen molar-refractivity contribution < 1.29 is 18.5 Å². The Kier molecular flexibility index (Phi) is 3.06. The Labute approximate surface area is 148 Å². The molecule has 3 heterocycles. The van der Waals surface area contributed by atoms with Crippen LogP contribution in [0.25, 0.3) is 11.5 Å². The zero-order valence-electron chi connectivity index (χ0n) is 13.8. The molecule has 1 N–H and O–H groups in total. The lowest BCUT2D eigenvalue weighted by molar-refractivity contribution is -0.132. The third-order valence-electron chi connectivity index (χ3n) is 5.07. The van der Waals surface area contributed by atoms with Crippen LogP contribution in [-0.4, -0.2) is 22.0 Å². The summed E-state index contributed by atoms with van der Waals surface area (Å²) in [5.41, 5.74) is 1.52. The number of fused-ring (bicyclic) bond motifs is 2. The maximum Gasteiger partial charge on any atom is 0.325 e. The number of urea groups is 1. The van der Waals surface area contributed by atoms with Crippen molar-refractivity contribution in [3.8, 4) is 11.5 Å². The number of rotatable bonds is 3. The Hall–Kier alpha value is -3.35. The van der Waals surface area contributed by atoms with E-state index in [4.69, 9.17) is 8.94 Å². The zero-order chi connectivity index (χ0) is 17.7. The van der Waals surface area contributed by atoms with Crippen molar-refractivity contribution >= 4 is 11.9 Å². The molecule has 1 spiro atoms. The average molecular weight is 349 g/mol. The summed E-state index contributed by atoms with van der Waals surface area (Å²) < 4.78 is 10.5. The summed E-state index contributed by atoms with van der Waals surface area (Å²) in [6, 6.07) is 12.5. The van der Waals surface area contributed by atoms with E-state index in [0.717, 1.165) is 17.5 Å².